The average molecular weight is 298 g/mol. The molecule has 0 spiro atoms. The van der Waals surface area contributed by atoms with Crippen LogP contribution in [0.4, 0.5) is 0 Å². The molecule has 1 aromatic carbocycles. The Labute approximate surface area is 112 Å². The minimum Gasteiger partial charge on any atom is -0.496 e. The van der Waals surface area contributed by atoms with Crippen LogP contribution in [0.15, 0.2) is 10.5 Å². The van der Waals surface area contributed by atoms with Crippen molar-refractivity contribution < 1.29 is 4.74 Å². The van der Waals surface area contributed by atoms with E-state index in [0.29, 0.717) is 6.54 Å². The lowest BCUT2D eigenvalue weighted by atomic mass is 9.63. The second-order valence-electron chi connectivity index (χ2n) is 5.05. The van der Waals surface area contributed by atoms with Crippen LogP contribution >= 0.6 is 15.9 Å². The maximum Gasteiger partial charge on any atom is 0.125 e. The topological polar surface area (TPSA) is 35.2 Å². The van der Waals surface area contributed by atoms with Crippen LogP contribution in [0.1, 0.15) is 36.0 Å². The quantitative estimate of drug-likeness (QED) is 0.927. The molecule has 1 saturated carbocycles. The van der Waals surface area contributed by atoms with E-state index in [0.717, 1.165) is 10.2 Å². The average Bonchev–Trinajstić information content (AvgIpc) is 2.24. The molecule has 1 aromatic rings. The maximum atomic E-state index is 6.02. The second-order valence-corrected chi connectivity index (χ2v) is 5.90. The van der Waals surface area contributed by atoms with Crippen LogP contribution < -0.4 is 10.5 Å². The normalized spacial score (nSPS) is 17.7. The SMILES string of the molecule is COc1c(C)cc(Br)c(C)c1C1(CN)CCC1. The fourth-order valence-corrected chi connectivity index (χ4v) is 3.45. The van der Waals surface area contributed by atoms with Crippen LogP contribution in [0.25, 0.3) is 0 Å². The summed E-state index contributed by atoms with van der Waals surface area (Å²) in [5, 5.41) is 0. The Hall–Kier alpha value is -0.540. The lowest BCUT2D eigenvalue weighted by Gasteiger charge is -2.43. The van der Waals surface area contributed by atoms with Crippen molar-refractivity contribution in [3.8, 4) is 5.75 Å². The van der Waals surface area contributed by atoms with E-state index >= 15 is 0 Å². The standard InChI is InChI=1S/C14H20BrNO/c1-9-7-11(15)10(2)12(13(9)17-3)14(8-16)5-4-6-14/h7H,4-6,8,16H2,1-3H3. The molecule has 0 saturated heterocycles. The Morgan fingerprint density at radius 3 is 2.47 bits per heavy atom. The number of hydrogen-bond donors (Lipinski definition) is 1. The third kappa shape index (κ3) is 1.89. The summed E-state index contributed by atoms with van der Waals surface area (Å²) in [6.45, 7) is 4.95. The van der Waals surface area contributed by atoms with E-state index in [2.05, 4.69) is 35.8 Å². The van der Waals surface area contributed by atoms with Gasteiger partial charge in [0.05, 0.1) is 7.11 Å². The first kappa shape index (κ1) is 12.9. The highest BCUT2D eigenvalue weighted by atomic mass is 79.9. The first-order valence-electron chi connectivity index (χ1n) is 6.10. The number of methoxy groups -OCH3 is 1. The Bertz CT molecular complexity index is 433. The lowest BCUT2D eigenvalue weighted by Crippen LogP contribution is -2.42. The Morgan fingerprint density at radius 1 is 1.41 bits per heavy atom. The van der Waals surface area contributed by atoms with E-state index in [1.807, 2.05) is 0 Å². The number of hydrogen-bond acceptors (Lipinski definition) is 2. The van der Waals surface area contributed by atoms with Crippen molar-refractivity contribution in [2.45, 2.75) is 38.5 Å². The zero-order valence-corrected chi connectivity index (χ0v) is 12.4. The van der Waals surface area contributed by atoms with Gasteiger partial charge in [0.1, 0.15) is 5.75 Å². The van der Waals surface area contributed by atoms with Crippen LogP contribution in [-0.2, 0) is 5.41 Å². The minimum absolute atomic E-state index is 0.143. The van der Waals surface area contributed by atoms with E-state index < -0.39 is 0 Å². The largest absolute Gasteiger partial charge is 0.496 e. The van der Waals surface area contributed by atoms with Crippen LogP contribution in [0, 0.1) is 13.8 Å². The van der Waals surface area contributed by atoms with Crippen molar-refractivity contribution in [1.82, 2.24) is 0 Å². The molecule has 17 heavy (non-hydrogen) atoms. The third-order valence-corrected chi connectivity index (χ3v) is 4.92. The van der Waals surface area contributed by atoms with E-state index in [4.69, 9.17) is 10.5 Å². The van der Waals surface area contributed by atoms with Crippen molar-refractivity contribution in [1.29, 1.82) is 0 Å². The summed E-state index contributed by atoms with van der Waals surface area (Å²) in [5.41, 5.74) is 9.94. The van der Waals surface area contributed by atoms with Crippen molar-refractivity contribution in [2.24, 2.45) is 5.73 Å². The number of benzene rings is 1. The number of aryl methyl sites for hydroxylation is 1. The van der Waals surface area contributed by atoms with Crippen molar-refractivity contribution in [3.63, 3.8) is 0 Å². The summed E-state index contributed by atoms with van der Waals surface area (Å²) in [7, 11) is 1.75. The van der Waals surface area contributed by atoms with Gasteiger partial charge in [-0.05, 0) is 43.9 Å². The van der Waals surface area contributed by atoms with Gasteiger partial charge >= 0.3 is 0 Å². The predicted molar refractivity (Wildman–Crippen MR) is 74.8 cm³/mol. The van der Waals surface area contributed by atoms with Gasteiger partial charge in [0.2, 0.25) is 0 Å². The van der Waals surface area contributed by atoms with Gasteiger partial charge in [-0.15, -0.1) is 0 Å². The van der Waals surface area contributed by atoms with Gasteiger partial charge in [-0.1, -0.05) is 22.4 Å². The molecule has 1 aliphatic rings. The summed E-state index contributed by atoms with van der Waals surface area (Å²) in [5.74, 6) is 1.02. The second kappa shape index (κ2) is 4.62. The van der Waals surface area contributed by atoms with Crippen LogP contribution in [0.5, 0.6) is 5.75 Å². The van der Waals surface area contributed by atoms with Crippen LogP contribution in [0.2, 0.25) is 0 Å². The Kier molecular flexibility index (Phi) is 3.50. The molecule has 1 fully saturated rings. The van der Waals surface area contributed by atoms with E-state index in [-0.39, 0.29) is 5.41 Å². The zero-order valence-electron chi connectivity index (χ0n) is 10.8. The molecule has 0 aromatic heterocycles. The number of rotatable bonds is 3. The lowest BCUT2D eigenvalue weighted by molar-refractivity contribution is 0.241. The molecule has 2 rings (SSSR count). The monoisotopic (exact) mass is 297 g/mol. The molecule has 0 bridgehead atoms. The van der Waals surface area contributed by atoms with E-state index in [9.17, 15) is 0 Å². The van der Waals surface area contributed by atoms with Gasteiger partial charge < -0.3 is 10.5 Å². The number of nitrogens with two attached hydrogens (primary N) is 1. The highest BCUT2D eigenvalue weighted by Crippen LogP contribution is 2.49. The summed E-state index contributed by atoms with van der Waals surface area (Å²) < 4.78 is 6.78. The van der Waals surface area contributed by atoms with E-state index in [1.54, 1.807) is 7.11 Å². The van der Waals surface area contributed by atoms with E-state index in [1.165, 1.54) is 36.0 Å². The van der Waals surface area contributed by atoms with Gasteiger partial charge in [-0.25, -0.2) is 0 Å². The zero-order chi connectivity index (χ0) is 12.6. The molecule has 0 unspecified atom stereocenters. The molecule has 3 heteroatoms. The summed E-state index contributed by atoms with van der Waals surface area (Å²) in [6, 6.07) is 2.13. The predicted octanol–water partition coefficient (Wildman–Crippen LogP) is 3.45. The fraction of sp³-hybridized carbons (Fsp3) is 0.571. The molecular weight excluding hydrogens is 278 g/mol. The first-order valence-corrected chi connectivity index (χ1v) is 6.89. The first-order chi connectivity index (χ1) is 8.05. The van der Waals surface area contributed by atoms with Gasteiger partial charge in [0, 0.05) is 22.0 Å². The fourth-order valence-electron chi connectivity index (χ4n) is 2.91. The molecular formula is C14H20BrNO. The molecule has 1 aliphatic carbocycles. The van der Waals surface area contributed by atoms with Crippen molar-refractivity contribution in [3.05, 3.63) is 27.2 Å². The summed E-state index contributed by atoms with van der Waals surface area (Å²) in [6.07, 6.45) is 3.62. The highest BCUT2D eigenvalue weighted by molar-refractivity contribution is 9.10. The van der Waals surface area contributed by atoms with Gasteiger partial charge in [0.25, 0.3) is 0 Å². The number of ether oxygens (including phenoxy) is 1. The van der Waals surface area contributed by atoms with Gasteiger partial charge in [-0.3, -0.25) is 0 Å². The van der Waals surface area contributed by atoms with Crippen LogP contribution in [0.3, 0.4) is 0 Å². The molecule has 0 atom stereocenters. The Morgan fingerprint density at radius 2 is 2.06 bits per heavy atom. The van der Waals surface area contributed by atoms with Gasteiger partial charge in [-0.2, -0.15) is 0 Å². The smallest absolute Gasteiger partial charge is 0.125 e. The van der Waals surface area contributed by atoms with Crippen molar-refractivity contribution >= 4 is 15.9 Å². The number of halogens is 1. The highest BCUT2D eigenvalue weighted by Gasteiger charge is 2.41. The van der Waals surface area contributed by atoms with Crippen molar-refractivity contribution in [2.75, 3.05) is 13.7 Å². The molecule has 0 aliphatic heterocycles. The van der Waals surface area contributed by atoms with Crippen LogP contribution in [-0.4, -0.2) is 13.7 Å². The molecule has 0 amide bonds. The molecule has 94 valence electrons. The summed E-state index contributed by atoms with van der Waals surface area (Å²) in [4.78, 5) is 0. The minimum atomic E-state index is 0.143. The Balaban J connectivity index is 2.65. The van der Waals surface area contributed by atoms with Gasteiger partial charge in [0.15, 0.2) is 0 Å². The summed E-state index contributed by atoms with van der Waals surface area (Å²) >= 11 is 3.64. The molecule has 2 nitrogen and oxygen atoms in total. The third-order valence-electron chi connectivity index (χ3n) is 4.10. The molecule has 2 N–H and O–H groups in total. The molecule has 0 radical (unpaired) electrons. The maximum absolute atomic E-state index is 6.02. The molecule has 0 heterocycles.